The molecule has 2 N–H and O–H groups in total. The van der Waals surface area contributed by atoms with Crippen LogP contribution < -0.4 is 5.32 Å². The van der Waals surface area contributed by atoms with Gasteiger partial charge in [0, 0.05) is 18.6 Å². The molecule has 0 atom stereocenters. The minimum atomic E-state index is -3.99. The molecule has 0 heterocycles. The molecule has 1 rings (SSSR count). The van der Waals surface area contributed by atoms with E-state index >= 15 is 0 Å². The Morgan fingerprint density at radius 3 is 2.24 bits per heavy atom. The molecule has 0 unspecified atom stereocenters. The van der Waals surface area contributed by atoms with E-state index in [0.717, 1.165) is 32.1 Å². The second-order valence-corrected chi connectivity index (χ2v) is 4.88. The number of alkyl halides is 4. The van der Waals surface area contributed by atoms with Gasteiger partial charge in [-0.1, -0.05) is 19.3 Å². The molecule has 0 spiro atoms. The molecule has 1 aliphatic carbocycles. The predicted molar refractivity (Wildman–Crippen MR) is 56.4 cm³/mol. The SMILES string of the molecule is OCC1(CNCC(F)(F)C(F)F)CCCCC1. The van der Waals surface area contributed by atoms with Crippen LogP contribution in [0.5, 0.6) is 0 Å². The Kier molecular flexibility index (Phi) is 5.19. The van der Waals surface area contributed by atoms with Crippen molar-refractivity contribution < 1.29 is 22.7 Å². The lowest BCUT2D eigenvalue weighted by Crippen LogP contribution is -2.45. The van der Waals surface area contributed by atoms with Gasteiger partial charge in [0.05, 0.1) is 6.54 Å². The zero-order chi connectivity index (χ0) is 12.9. The minimum absolute atomic E-state index is 0.0831. The lowest BCUT2D eigenvalue weighted by molar-refractivity contribution is -0.126. The summed E-state index contributed by atoms with van der Waals surface area (Å²) < 4.78 is 49.1. The van der Waals surface area contributed by atoms with Crippen molar-refractivity contribution in [3.05, 3.63) is 0 Å². The summed E-state index contributed by atoms with van der Waals surface area (Å²) in [7, 11) is 0. The van der Waals surface area contributed by atoms with E-state index in [1.165, 1.54) is 0 Å². The summed E-state index contributed by atoms with van der Waals surface area (Å²) in [5, 5.41) is 11.7. The van der Waals surface area contributed by atoms with Crippen molar-refractivity contribution in [1.29, 1.82) is 0 Å². The quantitative estimate of drug-likeness (QED) is 0.716. The Hall–Kier alpha value is -0.360. The highest BCUT2D eigenvalue weighted by molar-refractivity contribution is 4.85. The van der Waals surface area contributed by atoms with E-state index in [9.17, 15) is 22.7 Å². The average Bonchev–Trinajstić information content (AvgIpc) is 2.30. The van der Waals surface area contributed by atoms with E-state index < -0.39 is 24.3 Å². The third kappa shape index (κ3) is 4.10. The van der Waals surface area contributed by atoms with Crippen LogP contribution in [0.3, 0.4) is 0 Å². The summed E-state index contributed by atoms with van der Waals surface area (Å²) in [6, 6.07) is 0. The van der Waals surface area contributed by atoms with E-state index in [4.69, 9.17) is 0 Å². The zero-order valence-electron chi connectivity index (χ0n) is 9.69. The molecule has 0 amide bonds. The Morgan fingerprint density at radius 2 is 1.76 bits per heavy atom. The molecule has 1 aliphatic rings. The molecule has 2 nitrogen and oxygen atoms in total. The molecule has 1 fully saturated rings. The van der Waals surface area contributed by atoms with E-state index in [1.54, 1.807) is 0 Å². The highest BCUT2D eigenvalue weighted by Crippen LogP contribution is 2.35. The van der Waals surface area contributed by atoms with Crippen LogP contribution in [0.15, 0.2) is 0 Å². The summed E-state index contributed by atoms with van der Waals surface area (Å²) >= 11 is 0. The number of aliphatic hydroxyl groups is 1. The van der Waals surface area contributed by atoms with E-state index in [1.807, 2.05) is 0 Å². The van der Waals surface area contributed by atoms with Crippen molar-refractivity contribution in [3.8, 4) is 0 Å². The summed E-state index contributed by atoms with van der Waals surface area (Å²) in [6.45, 7) is -0.946. The molecule has 102 valence electrons. The predicted octanol–water partition coefficient (Wildman–Crippen LogP) is 2.42. The van der Waals surface area contributed by atoms with Crippen LogP contribution in [0.2, 0.25) is 0 Å². The topological polar surface area (TPSA) is 32.3 Å². The van der Waals surface area contributed by atoms with Crippen molar-refractivity contribution in [3.63, 3.8) is 0 Å². The van der Waals surface area contributed by atoms with Gasteiger partial charge in [-0.2, -0.15) is 8.78 Å². The normalized spacial score (nSPS) is 20.8. The second kappa shape index (κ2) is 6.00. The number of hydrogen-bond acceptors (Lipinski definition) is 2. The lowest BCUT2D eigenvalue weighted by atomic mass is 9.74. The average molecular weight is 257 g/mol. The molecule has 1 saturated carbocycles. The van der Waals surface area contributed by atoms with Crippen LogP contribution in [0.1, 0.15) is 32.1 Å². The summed E-state index contributed by atoms with van der Waals surface area (Å²) in [5.74, 6) is -3.99. The van der Waals surface area contributed by atoms with Gasteiger partial charge in [0.1, 0.15) is 0 Å². The van der Waals surface area contributed by atoms with Gasteiger partial charge in [-0.25, -0.2) is 8.78 Å². The van der Waals surface area contributed by atoms with Gasteiger partial charge < -0.3 is 10.4 Å². The molecular weight excluding hydrogens is 238 g/mol. The van der Waals surface area contributed by atoms with Crippen molar-refractivity contribution in [2.45, 2.75) is 44.5 Å². The summed E-state index contributed by atoms with van der Waals surface area (Å²) in [4.78, 5) is 0. The molecule has 0 aromatic carbocycles. The van der Waals surface area contributed by atoms with E-state index in [-0.39, 0.29) is 13.2 Å². The highest BCUT2D eigenvalue weighted by atomic mass is 19.3. The van der Waals surface area contributed by atoms with Crippen molar-refractivity contribution in [1.82, 2.24) is 5.32 Å². The van der Waals surface area contributed by atoms with Crippen LogP contribution >= 0.6 is 0 Å². The minimum Gasteiger partial charge on any atom is -0.396 e. The van der Waals surface area contributed by atoms with Crippen molar-refractivity contribution >= 4 is 0 Å². The largest absolute Gasteiger partial charge is 0.396 e. The maximum Gasteiger partial charge on any atom is 0.319 e. The Balaban J connectivity index is 2.38. The van der Waals surface area contributed by atoms with Crippen LogP contribution in [-0.2, 0) is 0 Å². The monoisotopic (exact) mass is 257 g/mol. The highest BCUT2D eigenvalue weighted by Gasteiger charge is 2.41. The van der Waals surface area contributed by atoms with Gasteiger partial charge in [0.2, 0.25) is 0 Å². The first-order valence-electron chi connectivity index (χ1n) is 5.89. The maximum atomic E-state index is 12.7. The zero-order valence-corrected chi connectivity index (χ0v) is 9.69. The molecule has 0 bridgehead atoms. The molecule has 0 aromatic heterocycles. The molecule has 0 aromatic rings. The number of aliphatic hydroxyl groups excluding tert-OH is 1. The van der Waals surface area contributed by atoms with E-state index in [0.29, 0.717) is 0 Å². The molecule has 6 heteroatoms. The fourth-order valence-corrected chi connectivity index (χ4v) is 2.26. The van der Waals surface area contributed by atoms with Gasteiger partial charge in [0.15, 0.2) is 0 Å². The van der Waals surface area contributed by atoms with E-state index in [2.05, 4.69) is 5.32 Å². The standard InChI is InChI=1S/C11H19F4NO/c12-9(13)11(14,15)7-16-6-10(8-17)4-2-1-3-5-10/h9,16-17H,1-8H2. The fraction of sp³-hybridized carbons (Fsp3) is 1.00. The summed E-state index contributed by atoms with van der Waals surface area (Å²) in [6.07, 6.45) is 0.857. The number of nitrogens with one attached hydrogen (secondary N) is 1. The van der Waals surface area contributed by atoms with Crippen LogP contribution in [0, 0.1) is 5.41 Å². The second-order valence-electron chi connectivity index (χ2n) is 4.88. The van der Waals surface area contributed by atoms with Crippen LogP contribution in [0.4, 0.5) is 17.6 Å². The maximum absolute atomic E-state index is 12.7. The Bertz CT molecular complexity index is 230. The van der Waals surface area contributed by atoms with Gasteiger partial charge in [-0.3, -0.25) is 0 Å². The van der Waals surface area contributed by atoms with Crippen LogP contribution in [0.25, 0.3) is 0 Å². The Labute approximate surface area is 98.4 Å². The Morgan fingerprint density at radius 1 is 1.18 bits per heavy atom. The first-order valence-corrected chi connectivity index (χ1v) is 5.89. The van der Waals surface area contributed by atoms with Crippen molar-refractivity contribution in [2.24, 2.45) is 5.41 Å². The number of halogens is 4. The fourth-order valence-electron chi connectivity index (χ4n) is 2.26. The number of rotatable bonds is 6. The van der Waals surface area contributed by atoms with Gasteiger partial charge in [-0.05, 0) is 12.8 Å². The molecule has 0 saturated heterocycles. The first-order chi connectivity index (χ1) is 7.92. The number of hydrogen-bond donors (Lipinski definition) is 2. The van der Waals surface area contributed by atoms with Gasteiger partial charge >= 0.3 is 12.3 Å². The summed E-state index contributed by atoms with van der Waals surface area (Å²) in [5.41, 5.74) is -0.406. The van der Waals surface area contributed by atoms with Gasteiger partial charge in [-0.15, -0.1) is 0 Å². The molecule has 0 aliphatic heterocycles. The molecule has 0 radical (unpaired) electrons. The molecular formula is C11H19F4NO. The first kappa shape index (κ1) is 14.7. The van der Waals surface area contributed by atoms with Gasteiger partial charge in [0.25, 0.3) is 0 Å². The van der Waals surface area contributed by atoms with Crippen LogP contribution in [-0.4, -0.2) is 37.2 Å². The third-order valence-electron chi connectivity index (χ3n) is 3.43. The lowest BCUT2D eigenvalue weighted by Gasteiger charge is -2.36. The smallest absolute Gasteiger partial charge is 0.319 e. The van der Waals surface area contributed by atoms with Crippen molar-refractivity contribution in [2.75, 3.05) is 19.7 Å². The molecule has 17 heavy (non-hydrogen) atoms. The third-order valence-corrected chi connectivity index (χ3v) is 3.43.